The van der Waals surface area contributed by atoms with Gasteiger partial charge in [0.15, 0.2) is 5.11 Å². The van der Waals surface area contributed by atoms with Crippen LogP contribution in [0, 0.1) is 0 Å². The molecule has 23 heavy (non-hydrogen) atoms. The van der Waals surface area contributed by atoms with E-state index in [2.05, 4.69) is 17.6 Å². The number of hydrogen-bond donors (Lipinski definition) is 3. The summed E-state index contributed by atoms with van der Waals surface area (Å²) in [6.07, 6.45) is 3.25. The molecule has 6 heteroatoms. The monoisotopic (exact) mass is 345 g/mol. The predicted octanol–water partition coefficient (Wildman–Crippen LogP) is 4.10. The molecule has 1 aliphatic rings. The summed E-state index contributed by atoms with van der Waals surface area (Å²) in [7, 11) is 0. The first-order valence-corrected chi connectivity index (χ1v) is 8.87. The quantitative estimate of drug-likeness (QED) is 0.733. The lowest BCUT2D eigenvalue weighted by Gasteiger charge is -2.19. The fourth-order valence-electron chi connectivity index (χ4n) is 3.03. The van der Waals surface area contributed by atoms with Crippen LogP contribution in [0.15, 0.2) is 30.3 Å². The number of thiocarbonyl (C=S) groups is 1. The van der Waals surface area contributed by atoms with E-state index in [1.165, 1.54) is 4.88 Å². The normalized spacial score (nSPS) is 16.5. The van der Waals surface area contributed by atoms with Gasteiger partial charge in [-0.1, -0.05) is 25.1 Å². The van der Waals surface area contributed by atoms with Crippen LogP contribution in [-0.4, -0.2) is 11.0 Å². The zero-order valence-corrected chi connectivity index (χ0v) is 14.5. The molecule has 1 aromatic carbocycles. The van der Waals surface area contributed by atoms with Crippen molar-refractivity contribution in [3.8, 4) is 0 Å². The molecule has 4 nitrogen and oxygen atoms in total. The maximum atomic E-state index is 12.0. The first-order valence-electron chi connectivity index (χ1n) is 7.64. The molecular weight excluding hydrogens is 326 g/mol. The molecule has 0 radical (unpaired) electrons. The lowest BCUT2D eigenvalue weighted by atomic mass is 9.86. The third-order valence-electron chi connectivity index (χ3n) is 4.06. The average molecular weight is 345 g/mol. The van der Waals surface area contributed by atoms with Crippen LogP contribution in [0.2, 0.25) is 0 Å². The number of primary amides is 1. The number of nitrogens with one attached hydrogen (secondary N) is 2. The van der Waals surface area contributed by atoms with Gasteiger partial charge in [0, 0.05) is 10.6 Å². The van der Waals surface area contributed by atoms with Crippen LogP contribution in [0.25, 0.3) is 0 Å². The van der Waals surface area contributed by atoms with Gasteiger partial charge in [-0.25, -0.2) is 0 Å². The second-order valence-corrected chi connectivity index (χ2v) is 7.26. The number of hydrogen-bond acceptors (Lipinski definition) is 3. The van der Waals surface area contributed by atoms with Crippen molar-refractivity contribution in [2.45, 2.75) is 32.1 Å². The number of fused-ring (bicyclic) bond motifs is 1. The molecule has 0 fully saturated rings. The van der Waals surface area contributed by atoms with Crippen molar-refractivity contribution in [2.24, 2.45) is 5.73 Å². The summed E-state index contributed by atoms with van der Waals surface area (Å²) in [6, 6.07) is 9.69. The number of rotatable bonds is 3. The highest BCUT2D eigenvalue weighted by molar-refractivity contribution is 7.80. The fourth-order valence-corrected chi connectivity index (χ4v) is 4.69. The number of amides is 1. The molecule has 1 aliphatic carbocycles. The lowest BCUT2D eigenvalue weighted by Crippen LogP contribution is -2.22. The molecule has 0 saturated heterocycles. The molecule has 0 aliphatic heterocycles. The van der Waals surface area contributed by atoms with Crippen LogP contribution in [0.4, 0.5) is 10.7 Å². The number of carbonyl (C=O) groups is 1. The molecule has 1 atom stereocenters. The highest BCUT2D eigenvalue weighted by Crippen LogP contribution is 2.43. The highest BCUT2D eigenvalue weighted by Gasteiger charge is 2.28. The molecule has 1 heterocycles. The molecule has 1 unspecified atom stereocenters. The maximum Gasteiger partial charge on any atom is 0.252 e. The molecule has 2 aromatic rings. The van der Waals surface area contributed by atoms with Gasteiger partial charge in [-0.15, -0.1) is 11.3 Å². The Morgan fingerprint density at radius 1 is 1.30 bits per heavy atom. The van der Waals surface area contributed by atoms with E-state index in [9.17, 15) is 4.79 Å². The largest absolute Gasteiger partial charge is 0.365 e. The van der Waals surface area contributed by atoms with Crippen LogP contribution < -0.4 is 16.4 Å². The van der Waals surface area contributed by atoms with E-state index in [0.717, 1.165) is 35.5 Å². The molecule has 0 spiro atoms. The van der Waals surface area contributed by atoms with E-state index < -0.39 is 0 Å². The Bertz CT molecular complexity index is 740. The van der Waals surface area contributed by atoms with Gasteiger partial charge in [0.25, 0.3) is 5.91 Å². The Balaban J connectivity index is 1.85. The maximum absolute atomic E-state index is 12.0. The van der Waals surface area contributed by atoms with Gasteiger partial charge in [-0.2, -0.15) is 0 Å². The molecule has 1 amide bonds. The lowest BCUT2D eigenvalue weighted by molar-refractivity contribution is 0.1000. The van der Waals surface area contributed by atoms with Crippen LogP contribution in [0.1, 0.15) is 46.5 Å². The van der Waals surface area contributed by atoms with Gasteiger partial charge < -0.3 is 16.4 Å². The van der Waals surface area contributed by atoms with Gasteiger partial charge >= 0.3 is 0 Å². The van der Waals surface area contributed by atoms with Crippen LogP contribution >= 0.6 is 23.6 Å². The predicted molar refractivity (Wildman–Crippen MR) is 100 cm³/mol. The van der Waals surface area contributed by atoms with Crippen molar-refractivity contribution >= 4 is 45.3 Å². The summed E-state index contributed by atoms with van der Waals surface area (Å²) in [5, 5.41) is 7.50. The number of benzene rings is 1. The Kier molecular flexibility index (Phi) is 4.63. The Morgan fingerprint density at radius 2 is 2.04 bits per heavy atom. The van der Waals surface area contributed by atoms with Crippen molar-refractivity contribution in [1.82, 2.24) is 0 Å². The standard InChI is InChI=1S/C17H19N3OS2/c1-10-6-5-9-12-13(10)14(15(18)21)16(23-12)20-17(22)19-11-7-3-2-4-8-11/h2-4,7-8,10H,5-6,9H2,1H3,(H2,18,21)(H2,19,20,22). The minimum absolute atomic E-state index is 0.365. The molecule has 1 aromatic heterocycles. The van der Waals surface area contributed by atoms with E-state index in [-0.39, 0.29) is 5.91 Å². The van der Waals surface area contributed by atoms with Crippen molar-refractivity contribution in [3.63, 3.8) is 0 Å². The smallest absolute Gasteiger partial charge is 0.252 e. The summed E-state index contributed by atoms with van der Waals surface area (Å²) in [6.45, 7) is 2.15. The van der Waals surface area contributed by atoms with Crippen LogP contribution in [0.3, 0.4) is 0 Å². The first kappa shape index (κ1) is 16.0. The Morgan fingerprint density at radius 3 is 2.74 bits per heavy atom. The zero-order chi connectivity index (χ0) is 16.4. The van der Waals surface area contributed by atoms with E-state index in [1.807, 2.05) is 30.3 Å². The summed E-state index contributed by atoms with van der Waals surface area (Å²) >= 11 is 6.96. The van der Waals surface area contributed by atoms with Crippen LogP contribution in [0.5, 0.6) is 0 Å². The number of carbonyl (C=O) groups excluding carboxylic acids is 1. The number of aryl methyl sites for hydroxylation is 1. The molecule has 3 rings (SSSR count). The third-order valence-corrected chi connectivity index (χ3v) is 5.45. The topological polar surface area (TPSA) is 67.2 Å². The zero-order valence-electron chi connectivity index (χ0n) is 12.9. The molecule has 0 saturated carbocycles. The minimum atomic E-state index is -0.388. The summed E-state index contributed by atoms with van der Waals surface area (Å²) in [5.74, 6) is -0.0232. The van der Waals surface area contributed by atoms with Crippen molar-refractivity contribution in [1.29, 1.82) is 0 Å². The van der Waals surface area contributed by atoms with Gasteiger partial charge in [0.2, 0.25) is 0 Å². The van der Waals surface area contributed by atoms with Gasteiger partial charge in [0.1, 0.15) is 5.00 Å². The molecule has 120 valence electrons. The number of nitrogens with two attached hydrogens (primary N) is 1. The van der Waals surface area contributed by atoms with Gasteiger partial charge in [-0.05, 0) is 55.1 Å². The van der Waals surface area contributed by atoms with E-state index in [0.29, 0.717) is 16.6 Å². The second-order valence-electron chi connectivity index (χ2n) is 5.75. The Labute approximate surface area is 145 Å². The SMILES string of the molecule is CC1CCCc2sc(NC(=S)Nc3ccccc3)c(C(N)=O)c21. The van der Waals surface area contributed by atoms with Gasteiger partial charge in [-0.3, -0.25) is 4.79 Å². The first-order chi connectivity index (χ1) is 11.1. The second kappa shape index (κ2) is 6.68. The molecular formula is C17H19N3OS2. The average Bonchev–Trinajstić information content (AvgIpc) is 2.87. The minimum Gasteiger partial charge on any atom is -0.365 e. The van der Waals surface area contributed by atoms with Crippen molar-refractivity contribution < 1.29 is 4.79 Å². The fraction of sp³-hybridized carbons (Fsp3) is 0.294. The summed E-state index contributed by atoms with van der Waals surface area (Å²) in [4.78, 5) is 13.2. The summed E-state index contributed by atoms with van der Waals surface area (Å²) < 4.78 is 0. The van der Waals surface area contributed by atoms with Crippen molar-refractivity contribution in [2.75, 3.05) is 10.6 Å². The van der Waals surface area contributed by atoms with Crippen molar-refractivity contribution in [3.05, 3.63) is 46.3 Å². The van der Waals surface area contributed by atoms with E-state index >= 15 is 0 Å². The third kappa shape index (κ3) is 3.38. The van der Waals surface area contributed by atoms with Gasteiger partial charge in [0.05, 0.1) is 5.56 Å². The highest BCUT2D eigenvalue weighted by atomic mass is 32.1. The number of anilines is 2. The van der Waals surface area contributed by atoms with E-state index in [4.69, 9.17) is 18.0 Å². The Hall–Kier alpha value is -1.92. The summed E-state index contributed by atoms with van der Waals surface area (Å²) in [5.41, 5.74) is 8.26. The number of thiophene rings is 1. The number of para-hydroxylation sites is 1. The molecule has 0 bridgehead atoms. The van der Waals surface area contributed by atoms with Crippen LogP contribution in [-0.2, 0) is 6.42 Å². The van der Waals surface area contributed by atoms with E-state index in [1.54, 1.807) is 11.3 Å². The molecule has 4 N–H and O–H groups in total.